The van der Waals surface area contributed by atoms with E-state index in [1.807, 2.05) is 85.7 Å². The highest BCUT2D eigenvalue weighted by molar-refractivity contribution is 6.35. The minimum Gasteiger partial charge on any atom is -0.443 e. The van der Waals surface area contributed by atoms with E-state index < -0.39 is 11.7 Å². The summed E-state index contributed by atoms with van der Waals surface area (Å²) in [5.74, 6) is 0. The van der Waals surface area contributed by atoms with Gasteiger partial charge in [-0.2, -0.15) is 0 Å². The second-order valence-electron chi connectivity index (χ2n) is 7.70. The predicted octanol–water partition coefficient (Wildman–Crippen LogP) is 5.23. The minimum atomic E-state index is -0.592. The highest BCUT2D eigenvalue weighted by Crippen LogP contribution is 2.28. The predicted molar refractivity (Wildman–Crippen MR) is 118 cm³/mol. The van der Waals surface area contributed by atoms with E-state index in [1.165, 1.54) is 4.57 Å². The van der Waals surface area contributed by atoms with Gasteiger partial charge >= 0.3 is 6.09 Å². The highest BCUT2D eigenvalue weighted by atomic mass is 16.6. The Balaban J connectivity index is 0.00000136. The van der Waals surface area contributed by atoms with Crippen molar-refractivity contribution >= 4 is 30.4 Å². The number of aryl methyl sites for hydroxylation is 3. The van der Waals surface area contributed by atoms with Crippen molar-refractivity contribution in [1.29, 1.82) is 0 Å². The number of hydrogen-bond acceptors (Lipinski definition) is 3. The molecule has 0 fully saturated rings. The largest absolute Gasteiger partial charge is 0.443 e. The van der Waals surface area contributed by atoms with Gasteiger partial charge < -0.3 is 4.74 Å². The molecule has 0 saturated heterocycles. The fourth-order valence-corrected chi connectivity index (χ4v) is 3.15. The zero-order valence-corrected chi connectivity index (χ0v) is 18.2. The Labute approximate surface area is 169 Å². The lowest BCUT2D eigenvalue weighted by Crippen LogP contribution is -2.32. The van der Waals surface area contributed by atoms with Gasteiger partial charge in [-0.15, -0.1) is 0 Å². The van der Waals surface area contributed by atoms with Crippen molar-refractivity contribution in [1.82, 2.24) is 9.55 Å². The van der Waals surface area contributed by atoms with Gasteiger partial charge in [0.25, 0.3) is 0 Å². The normalized spacial score (nSPS) is 11.1. The third-order valence-electron chi connectivity index (χ3n) is 4.26. The summed E-state index contributed by atoms with van der Waals surface area (Å²) in [6.45, 7) is 15.4. The summed E-state index contributed by atoms with van der Waals surface area (Å²) in [7, 11) is 6.22. The van der Waals surface area contributed by atoms with Gasteiger partial charge in [0.15, 0.2) is 0 Å². The van der Waals surface area contributed by atoms with Gasteiger partial charge in [-0.3, -0.25) is 9.55 Å². The first kappa shape index (κ1) is 21.7. The van der Waals surface area contributed by atoms with Gasteiger partial charge in [0.1, 0.15) is 13.4 Å². The summed E-state index contributed by atoms with van der Waals surface area (Å²) in [6, 6.07) is 10.1. The van der Waals surface area contributed by atoms with Crippen LogP contribution < -0.4 is 5.59 Å². The van der Waals surface area contributed by atoms with Crippen molar-refractivity contribution in [3.8, 4) is 11.1 Å². The van der Waals surface area contributed by atoms with E-state index in [9.17, 15) is 4.79 Å². The molecule has 5 heteroatoms. The number of hydrogen-bond donors (Lipinski definition) is 0. The number of pyridine rings is 1. The molecule has 0 amide bonds. The summed E-state index contributed by atoms with van der Waals surface area (Å²) in [4.78, 5) is 17.1. The third-order valence-corrected chi connectivity index (χ3v) is 4.26. The number of ether oxygens (including phenoxy) is 1. The monoisotopic (exact) mass is 376 g/mol. The maximum absolute atomic E-state index is 12.7. The van der Waals surface area contributed by atoms with Crippen LogP contribution in [0.1, 0.15) is 51.6 Å². The summed E-state index contributed by atoms with van der Waals surface area (Å²) in [5, 5.41) is 0.944. The Kier molecular flexibility index (Phi) is 6.38. The Morgan fingerprint density at radius 2 is 1.57 bits per heavy atom. The van der Waals surface area contributed by atoms with Crippen molar-refractivity contribution in [2.75, 3.05) is 0 Å². The number of carbonyl (C=O) groups excluding carboxylic acids is 1. The first-order valence-corrected chi connectivity index (χ1v) is 9.66. The molecule has 0 unspecified atom stereocenters. The van der Waals surface area contributed by atoms with Crippen LogP contribution in [0.15, 0.2) is 30.3 Å². The Morgan fingerprint density at radius 3 is 2.11 bits per heavy atom. The number of fused-ring (bicyclic) bond motifs is 1. The Hall–Kier alpha value is -2.56. The first-order valence-electron chi connectivity index (χ1n) is 9.66. The molecule has 0 atom stereocenters. The lowest BCUT2D eigenvalue weighted by atomic mass is 9.98. The van der Waals surface area contributed by atoms with E-state index in [0.717, 1.165) is 39.0 Å². The fraction of sp³-hybridized carbons (Fsp3) is 0.391. The number of rotatable bonds is 1. The molecule has 3 aromatic rings. The Bertz CT molecular complexity index is 993. The number of nitrogens with zero attached hydrogens (tertiary/aromatic N) is 2. The Morgan fingerprint density at radius 1 is 1.00 bits per heavy atom. The highest BCUT2D eigenvalue weighted by Gasteiger charge is 2.22. The molecule has 0 aliphatic rings. The zero-order chi connectivity index (χ0) is 21.2. The van der Waals surface area contributed by atoms with Crippen molar-refractivity contribution in [2.24, 2.45) is 0 Å². The molecule has 0 aliphatic carbocycles. The van der Waals surface area contributed by atoms with Crippen LogP contribution in [0.25, 0.3) is 22.0 Å². The molecule has 0 N–H and O–H groups in total. The molecule has 0 spiro atoms. The van der Waals surface area contributed by atoms with E-state index in [1.54, 1.807) is 0 Å². The molecule has 2 radical (unpaired) electrons. The average molecular weight is 376 g/mol. The molecule has 0 saturated carbocycles. The van der Waals surface area contributed by atoms with Crippen molar-refractivity contribution in [3.63, 3.8) is 0 Å². The first-order chi connectivity index (χ1) is 13.1. The summed E-state index contributed by atoms with van der Waals surface area (Å²) >= 11 is 0. The van der Waals surface area contributed by atoms with E-state index in [4.69, 9.17) is 12.6 Å². The number of aromatic nitrogens is 2. The van der Waals surface area contributed by atoms with Gasteiger partial charge in [0.05, 0.1) is 5.52 Å². The van der Waals surface area contributed by atoms with Gasteiger partial charge in [0.2, 0.25) is 0 Å². The maximum Gasteiger partial charge on any atom is 0.418 e. The van der Waals surface area contributed by atoms with Gasteiger partial charge in [-0.1, -0.05) is 26.0 Å². The lowest BCUT2D eigenvalue weighted by Gasteiger charge is -2.20. The lowest BCUT2D eigenvalue weighted by molar-refractivity contribution is 0.0549. The molecule has 0 aliphatic heterocycles. The number of benzene rings is 1. The van der Waals surface area contributed by atoms with Crippen LogP contribution in [0.5, 0.6) is 0 Å². The van der Waals surface area contributed by atoms with Crippen LogP contribution in [0.3, 0.4) is 0 Å². The molecular formula is C23H29BN2O2. The second-order valence-corrected chi connectivity index (χ2v) is 7.70. The van der Waals surface area contributed by atoms with Crippen LogP contribution in [0.4, 0.5) is 4.79 Å². The van der Waals surface area contributed by atoms with Gasteiger partial charge in [-0.25, -0.2) is 4.79 Å². The van der Waals surface area contributed by atoms with E-state index in [0.29, 0.717) is 5.59 Å². The quantitative estimate of drug-likeness (QED) is 0.546. The SMILES string of the molecule is CC.[B]c1c(C)c2ccc(-c3cc(C)nc(C)c3)cc2n1C(=O)OC(C)(C)C. The summed E-state index contributed by atoms with van der Waals surface area (Å²) in [5.41, 5.74) is 5.42. The van der Waals surface area contributed by atoms with Gasteiger partial charge in [-0.05, 0) is 82.0 Å². The van der Waals surface area contributed by atoms with Crippen molar-refractivity contribution in [3.05, 3.63) is 47.3 Å². The van der Waals surface area contributed by atoms with Crippen LogP contribution in [-0.4, -0.2) is 29.1 Å². The van der Waals surface area contributed by atoms with Crippen molar-refractivity contribution < 1.29 is 9.53 Å². The van der Waals surface area contributed by atoms with Crippen molar-refractivity contribution in [2.45, 2.75) is 61.0 Å². The topological polar surface area (TPSA) is 44.1 Å². The molecular weight excluding hydrogens is 347 g/mol. The van der Waals surface area contributed by atoms with E-state index in [-0.39, 0.29) is 0 Å². The maximum atomic E-state index is 12.7. The molecule has 3 rings (SSSR count). The van der Waals surface area contributed by atoms with Gasteiger partial charge in [0, 0.05) is 16.8 Å². The molecule has 146 valence electrons. The summed E-state index contributed by atoms with van der Waals surface area (Å²) < 4.78 is 7.00. The molecule has 2 heterocycles. The van der Waals surface area contributed by atoms with Crippen LogP contribution in [-0.2, 0) is 4.74 Å². The van der Waals surface area contributed by atoms with E-state index >= 15 is 0 Å². The standard InChI is InChI=1S/C21H23BN2O2.C2H6/c1-12-9-16(10-13(2)23-12)15-7-8-17-14(3)19(22)24(18(17)11-15)20(25)26-21(4,5)6;1-2/h7-11H,1-6H3;1-2H3. The minimum absolute atomic E-state index is 0.411. The fourth-order valence-electron chi connectivity index (χ4n) is 3.15. The van der Waals surface area contributed by atoms with Crippen LogP contribution in [0, 0.1) is 20.8 Å². The smallest absolute Gasteiger partial charge is 0.418 e. The van der Waals surface area contributed by atoms with Crippen LogP contribution >= 0.6 is 0 Å². The van der Waals surface area contributed by atoms with E-state index in [2.05, 4.69) is 4.98 Å². The third kappa shape index (κ3) is 4.46. The number of carbonyl (C=O) groups is 1. The van der Waals surface area contributed by atoms with Crippen LogP contribution in [0.2, 0.25) is 0 Å². The molecule has 1 aromatic carbocycles. The molecule has 28 heavy (non-hydrogen) atoms. The second kappa shape index (κ2) is 8.21. The molecule has 0 bridgehead atoms. The molecule has 2 aromatic heterocycles. The molecule has 4 nitrogen and oxygen atoms in total. The average Bonchev–Trinajstić information content (AvgIpc) is 2.85. The zero-order valence-electron chi connectivity index (χ0n) is 18.2. The summed E-state index contributed by atoms with van der Waals surface area (Å²) in [6.07, 6.45) is -0.465.